The number of hydrogen-bond donors (Lipinski definition) is 0. The molecule has 1 atom stereocenters. The van der Waals surface area contributed by atoms with E-state index in [1.54, 1.807) is 11.0 Å². The maximum atomic E-state index is 12.2. The Morgan fingerprint density at radius 1 is 1.47 bits per heavy atom. The lowest BCUT2D eigenvalue weighted by atomic mass is 10.2. The molecule has 1 unspecified atom stereocenters. The van der Waals surface area contributed by atoms with Crippen molar-refractivity contribution < 1.29 is 4.79 Å². The summed E-state index contributed by atoms with van der Waals surface area (Å²) in [5, 5.41) is 0.633. The first-order valence-electron chi connectivity index (χ1n) is 6.09. The van der Waals surface area contributed by atoms with E-state index in [2.05, 4.69) is 4.98 Å². The van der Waals surface area contributed by atoms with Crippen LogP contribution >= 0.6 is 23.2 Å². The smallest absolute Gasteiger partial charge is 0.245 e. The number of likely N-dealkylation sites (N-methyl/N-ethyl adjacent to an activating group) is 1. The minimum atomic E-state index is -0.204. The number of fused-ring (bicyclic) bond motifs is 1. The number of carbonyl (C=O) groups is 1. The Balaban J connectivity index is 2.19. The van der Waals surface area contributed by atoms with Gasteiger partial charge in [0, 0.05) is 18.6 Å². The van der Waals surface area contributed by atoms with Gasteiger partial charge in [0.05, 0.1) is 16.9 Å². The molecule has 2 heterocycles. The Morgan fingerprint density at radius 2 is 2.26 bits per heavy atom. The lowest BCUT2D eigenvalue weighted by Gasteiger charge is -2.15. The largest absolute Gasteiger partial charge is 0.344 e. The van der Waals surface area contributed by atoms with Crippen molar-refractivity contribution in [1.29, 1.82) is 0 Å². The van der Waals surface area contributed by atoms with E-state index in [4.69, 9.17) is 23.2 Å². The Hall–Kier alpha value is -1.26. The number of alkyl halides is 1. The average Bonchev–Trinajstić information content (AvgIpc) is 2.90. The number of rotatable bonds is 2. The second-order valence-corrected chi connectivity index (χ2v) is 5.43. The van der Waals surface area contributed by atoms with E-state index in [-0.39, 0.29) is 17.8 Å². The van der Waals surface area contributed by atoms with E-state index in [1.807, 2.05) is 23.7 Å². The molecule has 0 bridgehead atoms. The zero-order chi connectivity index (χ0) is 13.6. The van der Waals surface area contributed by atoms with Crippen LogP contribution in [0.25, 0.3) is 11.0 Å². The molecule has 0 saturated carbocycles. The molecule has 4 nitrogen and oxygen atoms in total. The van der Waals surface area contributed by atoms with Gasteiger partial charge in [0.2, 0.25) is 5.91 Å². The summed E-state index contributed by atoms with van der Waals surface area (Å²) in [6, 6.07) is 5.30. The fourth-order valence-electron chi connectivity index (χ4n) is 2.61. The highest BCUT2D eigenvalue weighted by atomic mass is 35.5. The van der Waals surface area contributed by atoms with E-state index < -0.39 is 0 Å². The number of nitrogens with zero attached hydrogens (tertiary/aromatic N) is 3. The Kier molecular flexibility index (Phi) is 3.15. The monoisotopic (exact) mass is 297 g/mol. The van der Waals surface area contributed by atoms with Gasteiger partial charge in [-0.25, -0.2) is 4.98 Å². The molecule has 1 fully saturated rings. The molecule has 1 aliphatic rings. The van der Waals surface area contributed by atoms with Gasteiger partial charge >= 0.3 is 0 Å². The van der Waals surface area contributed by atoms with Crippen molar-refractivity contribution in [2.45, 2.75) is 18.3 Å². The fraction of sp³-hybridized carbons (Fsp3) is 0.385. The lowest BCUT2D eigenvalue weighted by molar-refractivity contribution is -0.129. The average molecular weight is 298 g/mol. The Morgan fingerprint density at radius 3 is 2.89 bits per heavy atom. The molecule has 1 aromatic heterocycles. The van der Waals surface area contributed by atoms with Crippen LogP contribution in [0, 0.1) is 0 Å². The summed E-state index contributed by atoms with van der Waals surface area (Å²) >= 11 is 11.9. The van der Waals surface area contributed by atoms with Gasteiger partial charge in [-0.05, 0) is 24.6 Å². The molecule has 2 aromatic rings. The summed E-state index contributed by atoms with van der Waals surface area (Å²) < 4.78 is 1.95. The van der Waals surface area contributed by atoms with E-state index in [0.717, 1.165) is 24.0 Å². The molecular formula is C13H13Cl2N3O. The second kappa shape index (κ2) is 4.69. The minimum absolute atomic E-state index is 0.112. The van der Waals surface area contributed by atoms with Crippen LogP contribution in [0.3, 0.4) is 0 Å². The third-order valence-corrected chi connectivity index (χ3v) is 4.03. The van der Waals surface area contributed by atoms with E-state index in [0.29, 0.717) is 10.8 Å². The zero-order valence-electron chi connectivity index (χ0n) is 10.4. The number of likely N-dealkylation sites (tertiary alicyclic amines) is 1. The SMILES string of the molecule is CN1CCC(n2c(CCl)nc3cc(Cl)ccc32)C1=O. The summed E-state index contributed by atoms with van der Waals surface area (Å²) in [5.74, 6) is 1.10. The Bertz CT molecular complexity index is 653. The van der Waals surface area contributed by atoms with Crippen molar-refractivity contribution in [3.8, 4) is 0 Å². The van der Waals surface area contributed by atoms with Crippen LogP contribution in [0.1, 0.15) is 18.3 Å². The molecule has 1 aromatic carbocycles. The first kappa shape index (κ1) is 12.8. The molecule has 100 valence electrons. The molecule has 19 heavy (non-hydrogen) atoms. The highest BCUT2D eigenvalue weighted by molar-refractivity contribution is 6.31. The van der Waals surface area contributed by atoms with Gasteiger partial charge in [0.15, 0.2) is 0 Å². The van der Waals surface area contributed by atoms with Crippen molar-refractivity contribution in [2.75, 3.05) is 13.6 Å². The lowest BCUT2D eigenvalue weighted by Crippen LogP contribution is -2.25. The number of halogens is 2. The first-order chi connectivity index (χ1) is 9.11. The molecule has 1 amide bonds. The number of carbonyl (C=O) groups excluding carboxylic acids is 1. The predicted molar refractivity (Wildman–Crippen MR) is 75.6 cm³/mol. The number of hydrogen-bond acceptors (Lipinski definition) is 2. The molecule has 6 heteroatoms. The summed E-state index contributed by atoms with van der Waals surface area (Å²) in [6.07, 6.45) is 0.785. The summed E-state index contributed by atoms with van der Waals surface area (Å²) in [6.45, 7) is 0.762. The normalized spacial score (nSPS) is 19.6. The standard InChI is InChI=1S/C13H13Cl2N3O/c1-17-5-4-11(13(17)19)18-10-3-2-8(15)6-9(10)16-12(18)7-14/h2-3,6,11H,4-5,7H2,1H3. The van der Waals surface area contributed by atoms with Gasteiger partial charge in [-0.1, -0.05) is 11.6 Å². The van der Waals surface area contributed by atoms with Gasteiger partial charge in [-0.2, -0.15) is 0 Å². The van der Waals surface area contributed by atoms with Crippen molar-refractivity contribution in [3.05, 3.63) is 29.0 Å². The van der Waals surface area contributed by atoms with Crippen LogP contribution in [-0.2, 0) is 10.7 Å². The van der Waals surface area contributed by atoms with Crippen LogP contribution < -0.4 is 0 Å². The summed E-state index contributed by atoms with van der Waals surface area (Å²) in [4.78, 5) is 18.4. The van der Waals surface area contributed by atoms with E-state index in [9.17, 15) is 4.79 Å². The maximum absolute atomic E-state index is 12.2. The zero-order valence-corrected chi connectivity index (χ0v) is 11.9. The van der Waals surface area contributed by atoms with Crippen molar-refractivity contribution in [3.63, 3.8) is 0 Å². The van der Waals surface area contributed by atoms with E-state index >= 15 is 0 Å². The highest BCUT2D eigenvalue weighted by Crippen LogP contribution is 2.30. The van der Waals surface area contributed by atoms with Crippen molar-refractivity contribution in [1.82, 2.24) is 14.5 Å². The number of amides is 1. The molecule has 3 rings (SSSR count). The molecule has 1 saturated heterocycles. The predicted octanol–water partition coefficient (Wildman–Crippen LogP) is 2.83. The number of aromatic nitrogens is 2. The summed E-state index contributed by atoms with van der Waals surface area (Å²) in [5.41, 5.74) is 1.69. The van der Waals surface area contributed by atoms with Crippen LogP contribution in [-0.4, -0.2) is 34.0 Å². The maximum Gasteiger partial charge on any atom is 0.245 e. The number of benzene rings is 1. The quantitative estimate of drug-likeness (QED) is 0.800. The van der Waals surface area contributed by atoms with Gasteiger partial charge in [-0.15, -0.1) is 11.6 Å². The van der Waals surface area contributed by atoms with Gasteiger partial charge < -0.3 is 9.47 Å². The molecule has 0 spiro atoms. The van der Waals surface area contributed by atoms with Gasteiger partial charge in [0.1, 0.15) is 11.9 Å². The molecule has 0 N–H and O–H groups in total. The fourth-order valence-corrected chi connectivity index (χ4v) is 2.96. The van der Waals surface area contributed by atoms with Gasteiger partial charge in [-0.3, -0.25) is 4.79 Å². The molecule has 1 aliphatic heterocycles. The third-order valence-electron chi connectivity index (χ3n) is 3.56. The van der Waals surface area contributed by atoms with Crippen molar-refractivity contribution in [2.24, 2.45) is 0 Å². The highest BCUT2D eigenvalue weighted by Gasteiger charge is 2.33. The van der Waals surface area contributed by atoms with E-state index in [1.165, 1.54) is 0 Å². The van der Waals surface area contributed by atoms with Crippen molar-refractivity contribution >= 4 is 40.1 Å². The van der Waals surface area contributed by atoms with Gasteiger partial charge in [0.25, 0.3) is 0 Å². The topological polar surface area (TPSA) is 38.1 Å². The molecular weight excluding hydrogens is 285 g/mol. The number of imidazole rings is 1. The molecule has 0 radical (unpaired) electrons. The summed E-state index contributed by atoms with van der Waals surface area (Å²) in [7, 11) is 1.82. The van der Waals surface area contributed by atoms with Crippen LogP contribution in [0.4, 0.5) is 0 Å². The molecule has 0 aliphatic carbocycles. The van der Waals surface area contributed by atoms with Crippen LogP contribution in [0.15, 0.2) is 18.2 Å². The Labute approximate surface area is 120 Å². The van der Waals surface area contributed by atoms with Crippen LogP contribution in [0.5, 0.6) is 0 Å². The minimum Gasteiger partial charge on any atom is -0.344 e. The first-order valence-corrected chi connectivity index (χ1v) is 7.00. The van der Waals surface area contributed by atoms with Crippen LogP contribution in [0.2, 0.25) is 5.02 Å². The second-order valence-electron chi connectivity index (χ2n) is 4.73. The third kappa shape index (κ3) is 1.99.